The zero-order valence-electron chi connectivity index (χ0n) is 29.0. The second-order valence-electron chi connectivity index (χ2n) is 13.4. The van der Waals surface area contributed by atoms with Gasteiger partial charge in [0.2, 0.25) is 0 Å². The third kappa shape index (κ3) is 5.30. The van der Waals surface area contributed by atoms with E-state index in [0.29, 0.717) is 0 Å². The molecule has 2 aromatic heterocycles. The first-order chi connectivity index (χ1) is 26.3. The summed E-state index contributed by atoms with van der Waals surface area (Å²) < 4.78 is 4.85. The summed E-state index contributed by atoms with van der Waals surface area (Å²) in [6.07, 6.45) is 0. The van der Waals surface area contributed by atoms with Gasteiger partial charge in [0.15, 0.2) is 0 Å². The first kappa shape index (κ1) is 30.7. The van der Waals surface area contributed by atoms with Crippen molar-refractivity contribution in [1.29, 1.82) is 0 Å². The molecule has 3 nitrogen and oxygen atoms in total. The predicted molar refractivity (Wildman–Crippen MR) is 223 cm³/mol. The van der Waals surface area contributed by atoms with E-state index in [9.17, 15) is 0 Å². The largest absolute Gasteiger partial charge is 0.311 e. The number of aromatic nitrogens is 2. The SMILES string of the molecule is c1ccc(-c2ccc(N(c3ccc(-c4ccccc4)cc3)c3ccc(-n4c5ccccc5n5c6ccccc6c(-c6ccccc6)c45)cc3)cc2)cc1. The van der Waals surface area contributed by atoms with Gasteiger partial charge in [0, 0.05) is 33.7 Å². The molecule has 3 heteroatoms. The molecular formula is C50H35N3. The van der Waals surface area contributed by atoms with Gasteiger partial charge in [-0.05, 0) is 94.5 Å². The molecule has 8 aromatic carbocycles. The third-order valence-electron chi connectivity index (χ3n) is 10.3. The van der Waals surface area contributed by atoms with Crippen molar-refractivity contribution in [2.75, 3.05) is 4.90 Å². The van der Waals surface area contributed by atoms with E-state index in [1.54, 1.807) is 0 Å². The maximum Gasteiger partial charge on any atom is 0.131 e. The Kier molecular flexibility index (Phi) is 7.47. The average molecular weight is 678 g/mol. The van der Waals surface area contributed by atoms with E-state index in [1.807, 2.05) is 0 Å². The lowest BCUT2D eigenvalue weighted by atomic mass is 10.0. The number of anilines is 3. The Hall–Kier alpha value is -7.10. The van der Waals surface area contributed by atoms with Crippen molar-refractivity contribution in [3.63, 3.8) is 0 Å². The molecule has 0 aliphatic rings. The summed E-state index contributed by atoms with van der Waals surface area (Å²) in [5, 5.41) is 1.24. The second-order valence-corrected chi connectivity index (χ2v) is 13.4. The van der Waals surface area contributed by atoms with Crippen LogP contribution in [0.3, 0.4) is 0 Å². The maximum atomic E-state index is 2.43. The molecule has 0 amide bonds. The molecule has 0 N–H and O–H groups in total. The summed E-state index contributed by atoms with van der Waals surface area (Å²) in [4.78, 5) is 2.34. The van der Waals surface area contributed by atoms with Crippen molar-refractivity contribution in [3.05, 3.63) is 212 Å². The monoisotopic (exact) mass is 677 g/mol. The minimum atomic E-state index is 1.09. The lowest BCUT2D eigenvalue weighted by molar-refractivity contribution is 1.14. The van der Waals surface area contributed by atoms with Crippen molar-refractivity contribution in [2.24, 2.45) is 0 Å². The Morgan fingerprint density at radius 3 is 1.23 bits per heavy atom. The molecule has 0 saturated heterocycles. The quantitative estimate of drug-likeness (QED) is 0.164. The van der Waals surface area contributed by atoms with Crippen LogP contribution in [0, 0.1) is 0 Å². The van der Waals surface area contributed by atoms with Crippen LogP contribution in [0.25, 0.3) is 66.7 Å². The van der Waals surface area contributed by atoms with Gasteiger partial charge in [0.1, 0.15) is 5.65 Å². The number of rotatable bonds is 7. The highest BCUT2D eigenvalue weighted by Crippen LogP contribution is 2.42. The lowest BCUT2D eigenvalue weighted by Gasteiger charge is -2.26. The Morgan fingerprint density at radius 1 is 0.302 bits per heavy atom. The first-order valence-corrected chi connectivity index (χ1v) is 18.1. The summed E-state index contributed by atoms with van der Waals surface area (Å²) in [7, 11) is 0. The van der Waals surface area contributed by atoms with Gasteiger partial charge in [0.25, 0.3) is 0 Å². The fraction of sp³-hybridized carbons (Fsp3) is 0. The van der Waals surface area contributed by atoms with Gasteiger partial charge in [-0.15, -0.1) is 0 Å². The van der Waals surface area contributed by atoms with Crippen LogP contribution < -0.4 is 4.90 Å². The number of para-hydroxylation sites is 3. The number of nitrogens with zero attached hydrogens (tertiary/aromatic N) is 3. The van der Waals surface area contributed by atoms with Gasteiger partial charge in [0.05, 0.1) is 16.6 Å². The van der Waals surface area contributed by atoms with Crippen LogP contribution in [-0.4, -0.2) is 8.97 Å². The van der Waals surface area contributed by atoms with E-state index in [2.05, 4.69) is 226 Å². The third-order valence-corrected chi connectivity index (χ3v) is 10.3. The Balaban J connectivity index is 1.13. The molecule has 0 atom stereocenters. The van der Waals surface area contributed by atoms with E-state index < -0.39 is 0 Å². The normalized spacial score (nSPS) is 11.4. The van der Waals surface area contributed by atoms with Crippen molar-refractivity contribution in [1.82, 2.24) is 8.97 Å². The van der Waals surface area contributed by atoms with Gasteiger partial charge < -0.3 is 4.90 Å². The van der Waals surface area contributed by atoms with Crippen LogP contribution in [0.4, 0.5) is 17.1 Å². The van der Waals surface area contributed by atoms with E-state index in [4.69, 9.17) is 0 Å². The summed E-state index contributed by atoms with van der Waals surface area (Å²) in [5.74, 6) is 0. The molecule has 0 spiro atoms. The molecule has 0 saturated carbocycles. The van der Waals surface area contributed by atoms with E-state index in [0.717, 1.165) is 28.4 Å². The first-order valence-electron chi connectivity index (χ1n) is 18.1. The van der Waals surface area contributed by atoms with Gasteiger partial charge in [-0.1, -0.05) is 146 Å². The zero-order valence-corrected chi connectivity index (χ0v) is 29.0. The van der Waals surface area contributed by atoms with Crippen LogP contribution in [0.2, 0.25) is 0 Å². The standard InChI is InChI=1S/C50H35N3/c1-4-14-36(15-5-1)38-24-28-41(29-25-38)51(42-30-26-39(27-31-42)37-16-6-2-7-17-37)43-32-34-44(35-33-43)52-47-22-12-13-23-48(47)53-46-21-11-10-20-45(46)49(50(52)53)40-18-8-3-9-19-40/h1-35H. The summed E-state index contributed by atoms with van der Waals surface area (Å²) in [5.41, 5.74) is 16.4. The number of hydrogen-bond acceptors (Lipinski definition) is 1. The predicted octanol–water partition coefficient (Wildman–Crippen LogP) is 13.5. The highest BCUT2D eigenvalue weighted by molar-refractivity contribution is 6.09. The highest BCUT2D eigenvalue weighted by Gasteiger charge is 2.22. The lowest BCUT2D eigenvalue weighted by Crippen LogP contribution is -2.10. The fourth-order valence-electron chi connectivity index (χ4n) is 7.85. The van der Waals surface area contributed by atoms with Gasteiger partial charge in [-0.25, -0.2) is 0 Å². The number of hydrogen-bond donors (Lipinski definition) is 0. The molecule has 0 unspecified atom stereocenters. The van der Waals surface area contributed by atoms with E-state index in [-0.39, 0.29) is 0 Å². The average Bonchev–Trinajstić information content (AvgIpc) is 3.75. The van der Waals surface area contributed by atoms with Crippen LogP contribution in [0.15, 0.2) is 212 Å². The van der Waals surface area contributed by atoms with Crippen molar-refractivity contribution >= 4 is 44.6 Å². The molecule has 0 radical (unpaired) electrons. The van der Waals surface area contributed by atoms with Crippen LogP contribution in [0.5, 0.6) is 0 Å². The molecule has 0 fully saturated rings. The maximum absolute atomic E-state index is 2.43. The van der Waals surface area contributed by atoms with Crippen LogP contribution in [-0.2, 0) is 0 Å². The summed E-state index contributed by atoms with van der Waals surface area (Å²) in [6.45, 7) is 0. The van der Waals surface area contributed by atoms with Crippen molar-refractivity contribution < 1.29 is 0 Å². The molecule has 10 aromatic rings. The van der Waals surface area contributed by atoms with Crippen molar-refractivity contribution in [3.8, 4) is 39.1 Å². The van der Waals surface area contributed by atoms with Crippen LogP contribution in [0.1, 0.15) is 0 Å². The molecule has 0 bridgehead atoms. The molecule has 0 aliphatic carbocycles. The van der Waals surface area contributed by atoms with E-state index in [1.165, 1.54) is 55.3 Å². The zero-order chi connectivity index (χ0) is 35.1. The summed E-state index contributed by atoms with van der Waals surface area (Å²) in [6, 6.07) is 76.2. The second kappa shape index (κ2) is 12.9. The summed E-state index contributed by atoms with van der Waals surface area (Å²) >= 11 is 0. The van der Waals surface area contributed by atoms with Gasteiger partial charge >= 0.3 is 0 Å². The minimum Gasteiger partial charge on any atom is -0.311 e. The minimum absolute atomic E-state index is 1.09. The van der Waals surface area contributed by atoms with Gasteiger partial charge in [-0.3, -0.25) is 8.97 Å². The molecular weight excluding hydrogens is 643 g/mol. The molecule has 10 rings (SSSR count). The Morgan fingerprint density at radius 2 is 0.698 bits per heavy atom. The molecule has 2 heterocycles. The fourth-order valence-corrected chi connectivity index (χ4v) is 7.85. The molecule has 250 valence electrons. The number of fused-ring (bicyclic) bond motifs is 5. The van der Waals surface area contributed by atoms with Crippen LogP contribution >= 0.6 is 0 Å². The van der Waals surface area contributed by atoms with Crippen molar-refractivity contribution in [2.45, 2.75) is 0 Å². The Bertz CT molecular complexity index is 2750. The number of imidazole rings is 1. The number of benzene rings is 8. The van der Waals surface area contributed by atoms with E-state index >= 15 is 0 Å². The topological polar surface area (TPSA) is 12.6 Å². The van der Waals surface area contributed by atoms with Gasteiger partial charge in [-0.2, -0.15) is 0 Å². The smallest absolute Gasteiger partial charge is 0.131 e. The molecule has 53 heavy (non-hydrogen) atoms. The molecule has 0 aliphatic heterocycles. The Labute approximate surface area is 308 Å². The highest BCUT2D eigenvalue weighted by atomic mass is 15.2.